The van der Waals surface area contributed by atoms with E-state index in [2.05, 4.69) is 10.9 Å². The van der Waals surface area contributed by atoms with E-state index >= 15 is 0 Å². The molecule has 0 radical (unpaired) electrons. The molecule has 0 bridgehead atoms. The molecule has 1 atom stereocenters. The molecule has 0 aliphatic heterocycles. The highest BCUT2D eigenvalue weighted by atomic mass is 16.5. The Bertz CT molecular complexity index is 818. The molecule has 28 heavy (non-hydrogen) atoms. The lowest BCUT2D eigenvalue weighted by Gasteiger charge is -2.15. The smallest absolute Gasteiger partial charge is 0.279 e. The van der Waals surface area contributed by atoms with Crippen LogP contribution in [0.4, 0.5) is 0 Å². The number of hydrogen-bond donors (Lipinski definition) is 2. The molecular formula is C21H24N2O5. The van der Waals surface area contributed by atoms with Gasteiger partial charge < -0.3 is 14.2 Å². The van der Waals surface area contributed by atoms with Crippen LogP contribution in [0, 0.1) is 0 Å². The SMILES string of the molecule is CCOc1ccc(O[C@H](C)C(=O)NNC(=O)/C=C/c2ccccc2OC)cc1. The Morgan fingerprint density at radius 2 is 1.71 bits per heavy atom. The van der Waals surface area contributed by atoms with Crippen molar-refractivity contribution in [3.8, 4) is 17.2 Å². The summed E-state index contributed by atoms with van der Waals surface area (Å²) >= 11 is 0. The second-order valence-corrected chi connectivity index (χ2v) is 5.72. The van der Waals surface area contributed by atoms with Crippen molar-refractivity contribution in [1.29, 1.82) is 0 Å². The minimum absolute atomic E-state index is 0.479. The number of ether oxygens (including phenoxy) is 3. The van der Waals surface area contributed by atoms with E-state index in [1.165, 1.54) is 6.08 Å². The lowest BCUT2D eigenvalue weighted by atomic mass is 10.2. The Hall–Kier alpha value is -3.48. The normalized spacial score (nSPS) is 11.5. The number of carbonyl (C=O) groups excluding carboxylic acids is 2. The summed E-state index contributed by atoms with van der Waals surface area (Å²) in [6, 6.07) is 14.2. The van der Waals surface area contributed by atoms with Gasteiger partial charge in [-0.15, -0.1) is 0 Å². The van der Waals surface area contributed by atoms with E-state index in [1.54, 1.807) is 50.4 Å². The molecule has 0 heterocycles. The minimum Gasteiger partial charge on any atom is -0.496 e. The number of nitrogens with one attached hydrogen (secondary N) is 2. The van der Waals surface area contributed by atoms with Gasteiger partial charge in [0.2, 0.25) is 0 Å². The van der Waals surface area contributed by atoms with Crippen LogP contribution in [0.1, 0.15) is 19.4 Å². The summed E-state index contributed by atoms with van der Waals surface area (Å²) in [5.74, 6) is 0.933. The van der Waals surface area contributed by atoms with Crippen molar-refractivity contribution in [3.63, 3.8) is 0 Å². The zero-order chi connectivity index (χ0) is 20.4. The number of carbonyl (C=O) groups is 2. The molecule has 7 heteroatoms. The van der Waals surface area contributed by atoms with E-state index in [0.29, 0.717) is 18.1 Å². The Morgan fingerprint density at radius 3 is 2.39 bits per heavy atom. The standard InChI is InChI=1S/C21H24N2O5/c1-4-27-17-10-12-18(13-11-17)28-15(2)21(25)23-22-20(24)14-9-16-7-5-6-8-19(16)26-3/h5-15H,4H2,1-3H3,(H,22,24)(H,23,25)/b14-9+/t15-/m1/s1. The zero-order valence-corrected chi connectivity index (χ0v) is 16.1. The highest BCUT2D eigenvalue weighted by Gasteiger charge is 2.15. The van der Waals surface area contributed by atoms with Crippen molar-refractivity contribution in [1.82, 2.24) is 10.9 Å². The lowest BCUT2D eigenvalue weighted by molar-refractivity contribution is -0.131. The van der Waals surface area contributed by atoms with Crippen molar-refractivity contribution in [3.05, 3.63) is 60.2 Å². The summed E-state index contributed by atoms with van der Waals surface area (Å²) < 4.78 is 16.1. The molecule has 0 aliphatic rings. The van der Waals surface area contributed by atoms with Crippen LogP contribution in [0.5, 0.6) is 17.2 Å². The molecule has 2 rings (SSSR count). The van der Waals surface area contributed by atoms with Crippen LogP contribution in [0.2, 0.25) is 0 Å². The van der Waals surface area contributed by atoms with E-state index in [9.17, 15) is 9.59 Å². The van der Waals surface area contributed by atoms with E-state index in [4.69, 9.17) is 14.2 Å². The average molecular weight is 384 g/mol. The van der Waals surface area contributed by atoms with Crippen molar-refractivity contribution >= 4 is 17.9 Å². The summed E-state index contributed by atoms with van der Waals surface area (Å²) in [5.41, 5.74) is 5.39. The first kappa shape index (κ1) is 20.8. The molecule has 0 saturated heterocycles. The lowest BCUT2D eigenvalue weighted by Crippen LogP contribution is -2.46. The van der Waals surface area contributed by atoms with Gasteiger partial charge in [-0.1, -0.05) is 18.2 Å². The first-order chi connectivity index (χ1) is 13.5. The van der Waals surface area contributed by atoms with Crippen LogP contribution in [-0.2, 0) is 9.59 Å². The molecule has 0 fully saturated rings. The monoisotopic (exact) mass is 384 g/mol. The fourth-order valence-corrected chi connectivity index (χ4v) is 2.27. The van der Waals surface area contributed by atoms with Crippen LogP contribution < -0.4 is 25.1 Å². The molecule has 7 nitrogen and oxygen atoms in total. The van der Waals surface area contributed by atoms with Gasteiger partial charge in [0.05, 0.1) is 13.7 Å². The minimum atomic E-state index is -0.795. The summed E-state index contributed by atoms with van der Waals surface area (Å²) in [4.78, 5) is 24.0. The molecule has 148 valence electrons. The average Bonchev–Trinajstić information content (AvgIpc) is 2.72. The highest BCUT2D eigenvalue weighted by molar-refractivity contribution is 5.93. The number of methoxy groups -OCH3 is 1. The van der Waals surface area contributed by atoms with Gasteiger partial charge in [-0.3, -0.25) is 20.4 Å². The van der Waals surface area contributed by atoms with Gasteiger partial charge in [-0.2, -0.15) is 0 Å². The second-order valence-electron chi connectivity index (χ2n) is 5.72. The third-order valence-electron chi connectivity index (χ3n) is 3.68. The number of para-hydroxylation sites is 1. The number of hydrogen-bond acceptors (Lipinski definition) is 5. The maximum absolute atomic E-state index is 12.1. The van der Waals surface area contributed by atoms with Crippen molar-refractivity contribution in [2.75, 3.05) is 13.7 Å². The molecule has 0 saturated carbocycles. The van der Waals surface area contributed by atoms with Crippen LogP contribution in [-0.4, -0.2) is 31.6 Å². The Kier molecular flexibility index (Phi) is 7.90. The molecular weight excluding hydrogens is 360 g/mol. The molecule has 2 amide bonds. The molecule has 2 aromatic rings. The summed E-state index contributed by atoms with van der Waals surface area (Å²) in [5, 5.41) is 0. The van der Waals surface area contributed by atoms with Crippen LogP contribution >= 0.6 is 0 Å². The van der Waals surface area contributed by atoms with E-state index in [1.807, 2.05) is 25.1 Å². The topological polar surface area (TPSA) is 85.9 Å². The Labute approximate surface area is 164 Å². The Balaban J connectivity index is 1.81. The third-order valence-corrected chi connectivity index (χ3v) is 3.68. The van der Waals surface area contributed by atoms with E-state index in [-0.39, 0.29) is 0 Å². The van der Waals surface area contributed by atoms with Crippen molar-refractivity contribution in [2.45, 2.75) is 20.0 Å². The third kappa shape index (κ3) is 6.35. The maximum Gasteiger partial charge on any atom is 0.279 e. The molecule has 0 aromatic heterocycles. The Morgan fingerprint density at radius 1 is 1.04 bits per heavy atom. The predicted octanol–water partition coefficient (Wildman–Crippen LogP) is 2.72. The molecule has 2 N–H and O–H groups in total. The van der Waals surface area contributed by atoms with Gasteiger partial charge >= 0.3 is 0 Å². The first-order valence-corrected chi connectivity index (χ1v) is 8.84. The first-order valence-electron chi connectivity index (χ1n) is 8.84. The van der Waals surface area contributed by atoms with Gasteiger partial charge in [0.25, 0.3) is 11.8 Å². The van der Waals surface area contributed by atoms with Crippen molar-refractivity contribution in [2.24, 2.45) is 0 Å². The van der Waals surface area contributed by atoms with Crippen LogP contribution in [0.25, 0.3) is 6.08 Å². The molecule has 0 spiro atoms. The highest BCUT2D eigenvalue weighted by Crippen LogP contribution is 2.19. The van der Waals surface area contributed by atoms with Gasteiger partial charge in [-0.25, -0.2) is 0 Å². The fraction of sp³-hybridized carbons (Fsp3) is 0.238. The number of amides is 2. The van der Waals surface area contributed by atoms with Gasteiger partial charge in [0.1, 0.15) is 17.2 Å². The molecule has 0 unspecified atom stereocenters. The number of benzene rings is 2. The van der Waals surface area contributed by atoms with Gasteiger partial charge in [-0.05, 0) is 50.3 Å². The number of rotatable bonds is 8. The molecule has 2 aromatic carbocycles. The van der Waals surface area contributed by atoms with Crippen LogP contribution in [0.3, 0.4) is 0 Å². The number of hydrazine groups is 1. The fourth-order valence-electron chi connectivity index (χ4n) is 2.27. The van der Waals surface area contributed by atoms with Crippen molar-refractivity contribution < 1.29 is 23.8 Å². The predicted molar refractivity (Wildman–Crippen MR) is 106 cm³/mol. The largest absolute Gasteiger partial charge is 0.496 e. The molecule has 0 aliphatic carbocycles. The second kappa shape index (κ2) is 10.6. The summed E-state index contributed by atoms with van der Waals surface area (Å²) in [6.07, 6.45) is 2.10. The van der Waals surface area contributed by atoms with E-state index < -0.39 is 17.9 Å². The van der Waals surface area contributed by atoms with E-state index in [0.717, 1.165) is 11.3 Å². The summed E-state index contributed by atoms with van der Waals surface area (Å²) in [6.45, 7) is 4.06. The quantitative estimate of drug-likeness (QED) is 0.540. The maximum atomic E-state index is 12.1. The zero-order valence-electron chi connectivity index (χ0n) is 16.1. The van der Waals surface area contributed by atoms with Gasteiger partial charge in [0, 0.05) is 11.6 Å². The van der Waals surface area contributed by atoms with Crippen LogP contribution in [0.15, 0.2) is 54.6 Å². The summed E-state index contributed by atoms with van der Waals surface area (Å²) in [7, 11) is 1.55. The van der Waals surface area contributed by atoms with Gasteiger partial charge in [0.15, 0.2) is 6.10 Å².